The number of aromatic nitrogens is 1. The Morgan fingerprint density at radius 1 is 1.58 bits per heavy atom. The van der Waals surface area contributed by atoms with Gasteiger partial charge >= 0.3 is 0 Å². The van der Waals surface area contributed by atoms with Gasteiger partial charge < -0.3 is 9.88 Å². The smallest absolute Gasteiger partial charge is 0.0248 e. The van der Waals surface area contributed by atoms with Crippen molar-refractivity contribution >= 4 is 0 Å². The molecule has 2 nitrogen and oxygen atoms in total. The lowest BCUT2D eigenvalue weighted by atomic mass is 10.1. The molecule has 1 N–H and O–H groups in total. The summed E-state index contributed by atoms with van der Waals surface area (Å²) in [7, 11) is 2.18. The molecule has 0 saturated heterocycles. The molecule has 0 atom stereocenters. The summed E-state index contributed by atoms with van der Waals surface area (Å²) >= 11 is 0. The zero-order valence-electron chi connectivity index (χ0n) is 7.85. The molecule has 0 amide bonds. The van der Waals surface area contributed by atoms with Gasteiger partial charge in [-0.15, -0.1) is 0 Å². The van der Waals surface area contributed by atoms with Crippen molar-refractivity contribution in [3.63, 3.8) is 0 Å². The molecule has 2 heteroatoms. The maximum absolute atomic E-state index is 3.48. The molecule has 1 aliphatic heterocycles. The number of hydrogen-bond donors (Lipinski definition) is 1. The van der Waals surface area contributed by atoms with Crippen LogP contribution in [-0.4, -0.2) is 23.5 Å². The normalized spacial score (nSPS) is 17.8. The fraction of sp³-hybridized carbons (Fsp3) is 0.600. The minimum Gasteiger partial charge on any atom is -0.362 e. The minimum absolute atomic E-state index is 1.12. The summed E-state index contributed by atoms with van der Waals surface area (Å²) in [6.45, 7) is 4.50. The van der Waals surface area contributed by atoms with Crippen molar-refractivity contribution < 1.29 is 0 Å². The predicted octanol–water partition coefficient (Wildman–Crippen LogP) is 1.56. The molecule has 12 heavy (non-hydrogen) atoms. The van der Waals surface area contributed by atoms with E-state index in [0.717, 1.165) is 13.0 Å². The Morgan fingerprint density at radius 2 is 2.42 bits per heavy atom. The summed E-state index contributed by atoms with van der Waals surface area (Å²) in [5, 5.41) is 0. The van der Waals surface area contributed by atoms with Crippen LogP contribution in [0.25, 0.3) is 0 Å². The first-order valence-electron chi connectivity index (χ1n) is 4.67. The van der Waals surface area contributed by atoms with Crippen LogP contribution < -0.4 is 0 Å². The van der Waals surface area contributed by atoms with Crippen molar-refractivity contribution in [2.45, 2.75) is 26.3 Å². The van der Waals surface area contributed by atoms with E-state index >= 15 is 0 Å². The monoisotopic (exact) mass is 164 g/mol. The van der Waals surface area contributed by atoms with E-state index in [-0.39, 0.29) is 0 Å². The van der Waals surface area contributed by atoms with Crippen LogP contribution in [0.1, 0.15) is 23.9 Å². The van der Waals surface area contributed by atoms with Crippen LogP contribution in [-0.2, 0) is 19.4 Å². The van der Waals surface area contributed by atoms with Gasteiger partial charge in [-0.25, -0.2) is 0 Å². The van der Waals surface area contributed by atoms with Crippen LogP contribution >= 0.6 is 0 Å². The van der Waals surface area contributed by atoms with Crippen LogP contribution in [0.4, 0.5) is 0 Å². The number of nitrogens with zero attached hydrogens (tertiary/aromatic N) is 1. The van der Waals surface area contributed by atoms with E-state index in [1.54, 1.807) is 0 Å². The number of H-pyrrole nitrogens is 1. The van der Waals surface area contributed by atoms with E-state index in [1.807, 2.05) is 0 Å². The van der Waals surface area contributed by atoms with E-state index < -0.39 is 0 Å². The van der Waals surface area contributed by atoms with Gasteiger partial charge in [-0.1, -0.05) is 6.92 Å². The second kappa shape index (κ2) is 2.94. The van der Waals surface area contributed by atoms with Crippen LogP contribution in [0.15, 0.2) is 6.07 Å². The van der Waals surface area contributed by atoms with Crippen LogP contribution in [0.2, 0.25) is 0 Å². The van der Waals surface area contributed by atoms with Gasteiger partial charge in [0.15, 0.2) is 0 Å². The second-order valence-electron chi connectivity index (χ2n) is 3.64. The zero-order valence-corrected chi connectivity index (χ0v) is 7.85. The van der Waals surface area contributed by atoms with Gasteiger partial charge in [0.25, 0.3) is 0 Å². The predicted molar refractivity (Wildman–Crippen MR) is 50.2 cm³/mol. The molecule has 1 aromatic rings. The van der Waals surface area contributed by atoms with E-state index in [0.29, 0.717) is 0 Å². The Balaban J connectivity index is 2.28. The summed E-state index contributed by atoms with van der Waals surface area (Å²) in [5.74, 6) is 0. The highest BCUT2D eigenvalue weighted by Gasteiger charge is 2.14. The highest BCUT2D eigenvalue weighted by atomic mass is 15.1. The van der Waals surface area contributed by atoms with Gasteiger partial charge in [-0.05, 0) is 25.1 Å². The van der Waals surface area contributed by atoms with Crippen molar-refractivity contribution in [1.82, 2.24) is 9.88 Å². The lowest BCUT2D eigenvalue weighted by Gasteiger charge is -2.21. The molecule has 0 spiro atoms. The van der Waals surface area contributed by atoms with Crippen LogP contribution in [0.3, 0.4) is 0 Å². The maximum atomic E-state index is 3.48. The highest BCUT2D eigenvalue weighted by molar-refractivity contribution is 5.27. The zero-order chi connectivity index (χ0) is 8.55. The number of likely N-dealkylation sites (N-methyl/N-ethyl adjacent to an activating group) is 1. The molecule has 0 saturated carbocycles. The molecule has 0 unspecified atom stereocenters. The van der Waals surface area contributed by atoms with Gasteiger partial charge in [-0.3, -0.25) is 0 Å². The third-order valence-electron chi connectivity index (χ3n) is 2.61. The van der Waals surface area contributed by atoms with Gasteiger partial charge in [0, 0.05) is 30.9 Å². The molecular weight excluding hydrogens is 148 g/mol. The molecule has 0 aliphatic carbocycles. The quantitative estimate of drug-likeness (QED) is 0.667. The second-order valence-corrected chi connectivity index (χ2v) is 3.64. The first-order valence-corrected chi connectivity index (χ1v) is 4.67. The summed E-state index contributed by atoms with van der Waals surface area (Å²) in [4.78, 5) is 5.85. The first kappa shape index (κ1) is 7.87. The number of aromatic amines is 1. The number of rotatable bonds is 1. The van der Waals surface area contributed by atoms with Crippen molar-refractivity contribution in [3.05, 3.63) is 23.0 Å². The average Bonchev–Trinajstić information content (AvgIpc) is 2.46. The van der Waals surface area contributed by atoms with Gasteiger partial charge in [0.2, 0.25) is 0 Å². The number of nitrogens with one attached hydrogen (secondary N) is 1. The van der Waals surface area contributed by atoms with Crippen LogP contribution in [0.5, 0.6) is 0 Å². The molecule has 0 fully saturated rings. The lowest BCUT2D eigenvalue weighted by Crippen LogP contribution is -2.25. The fourth-order valence-corrected chi connectivity index (χ4v) is 1.83. The molecule has 1 aromatic heterocycles. The van der Waals surface area contributed by atoms with E-state index in [2.05, 4.69) is 29.9 Å². The topological polar surface area (TPSA) is 19.0 Å². The SMILES string of the molecule is CCc1cc2c([nH]1)CCN(C)C2. The Bertz CT molecular complexity index is 275. The Morgan fingerprint density at radius 3 is 3.17 bits per heavy atom. The molecule has 0 bridgehead atoms. The van der Waals surface area contributed by atoms with Gasteiger partial charge in [0.1, 0.15) is 0 Å². The Hall–Kier alpha value is -0.760. The molecule has 0 aromatic carbocycles. The number of fused-ring (bicyclic) bond motifs is 1. The third-order valence-corrected chi connectivity index (χ3v) is 2.61. The van der Waals surface area contributed by atoms with E-state index in [9.17, 15) is 0 Å². The molecule has 66 valence electrons. The lowest BCUT2D eigenvalue weighted by molar-refractivity contribution is 0.312. The van der Waals surface area contributed by atoms with Crippen LogP contribution in [0, 0.1) is 0 Å². The van der Waals surface area contributed by atoms with Crippen molar-refractivity contribution in [2.24, 2.45) is 0 Å². The number of hydrogen-bond acceptors (Lipinski definition) is 1. The third kappa shape index (κ3) is 1.27. The average molecular weight is 164 g/mol. The standard InChI is InChI=1S/C10H16N2/c1-3-9-6-8-7-12(2)5-4-10(8)11-9/h6,11H,3-5,7H2,1-2H3. The maximum Gasteiger partial charge on any atom is 0.0248 e. The minimum atomic E-state index is 1.12. The molecule has 0 radical (unpaired) electrons. The number of aryl methyl sites for hydroxylation is 1. The molecular formula is C10H16N2. The van der Waals surface area contributed by atoms with Crippen molar-refractivity contribution in [1.29, 1.82) is 0 Å². The van der Waals surface area contributed by atoms with E-state index in [4.69, 9.17) is 0 Å². The molecule has 2 heterocycles. The first-order chi connectivity index (χ1) is 5.79. The summed E-state index contributed by atoms with van der Waals surface area (Å²) < 4.78 is 0. The summed E-state index contributed by atoms with van der Waals surface area (Å²) in [5.41, 5.74) is 4.35. The largest absolute Gasteiger partial charge is 0.362 e. The highest BCUT2D eigenvalue weighted by Crippen LogP contribution is 2.18. The fourth-order valence-electron chi connectivity index (χ4n) is 1.83. The van der Waals surface area contributed by atoms with Gasteiger partial charge in [-0.2, -0.15) is 0 Å². The summed E-state index contributed by atoms with van der Waals surface area (Å²) in [6.07, 6.45) is 2.31. The van der Waals surface area contributed by atoms with Crippen molar-refractivity contribution in [2.75, 3.05) is 13.6 Å². The van der Waals surface area contributed by atoms with Crippen molar-refractivity contribution in [3.8, 4) is 0 Å². The summed E-state index contributed by atoms with van der Waals surface area (Å²) in [6, 6.07) is 2.31. The molecule has 1 aliphatic rings. The molecule has 2 rings (SSSR count). The van der Waals surface area contributed by atoms with Gasteiger partial charge in [0.05, 0.1) is 0 Å². The van der Waals surface area contributed by atoms with E-state index in [1.165, 1.54) is 29.9 Å². The Labute approximate surface area is 73.6 Å². The Kier molecular flexibility index (Phi) is 1.93.